The number of nitro groups is 1. The molecular weight excluding hydrogens is 390 g/mol. The second-order valence-corrected chi connectivity index (χ2v) is 8.68. The third kappa shape index (κ3) is 4.61. The first-order valence-corrected chi connectivity index (χ1v) is 9.72. The Morgan fingerprint density at radius 1 is 1.21 bits per heavy atom. The summed E-state index contributed by atoms with van der Waals surface area (Å²) in [6, 6.07) is -1.98. The average molecular weight is 411 g/mol. The summed E-state index contributed by atoms with van der Waals surface area (Å²) in [5, 5.41) is 11.6. The topological polar surface area (TPSA) is 138 Å². The van der Waals surface area contributed by atoms with E-state index in [1.165, 1.54) is 13.0 Å². The fourth-order valence-corrected chi connectivity index (χ4v) is 3.60. The number of carbonyl (C=O) groups excluding carboxylic acids is 3. The smallest absolute Gasteiger partial charge is 0.325 e. The number of nitrogens with zero attached hydrogens (tertiary/aromatic N) is 1. The van der Waals surface area contributed by atoms with E-state index in [4.69, 9.17) is 4.74 Å². The molecule has 2 aliphatic rings. The van der Waals surface area contributed by atoms with Gasteiger partial charge in [0.25, 0.3) is 6.04 Å². The van der Waals surface area contributed by atoms with Crippen LogP contribution < -0.4 is 0 Å². The number of ketones is 2. The van der Waals surface area contributed by atoms with Crippen LogP contribution >= 0.6 is 0 Å². The minimum atomic E-state index is -2.95. The number of Topliss-reactive ketones (excluding diaryl/α,β-unsaturated/α-hetero) is 2. The third-order valence-corrected chi connectivity index (χ3v) is 5.19. The van der Waals surface area contributed by atoms with Gasteiger partial charge in [-0.3, -0.25) is 24.5 Å². The van der Waals surface area contributed by atoms with E-state index in [1.54, 1.807) is 20.8 Å². The maximum absolute atomic E-state index is 13.1. The Morgan fingerprint density at radius 2 is 1.79 bits per heavy atom. The van der Waals surface area contributed by atoms with Crippen LogP contribution in [0, 0.1) is 22.0 Å². The Balaban J connectivity index is 2.53. The van der Waals surface area contributed by atoms with Gasteiger partial charge in [-0.2, -0.15) is 8.42 Å². The first kappa shape index (κ1) is 21.7. The molecule has 0 aliphatic heterocycles. The number of hydrogen-bond donors (Lipinski definition) is 0. The minimum Gasteiger partial charge on any atom is -0.459 e. The van der Waals surface area contributed by atoms with Gasteiger partial charge in [-0.05, 0) is 52.2 Å². The molecule has 9 nitrogen and oxygen atoms in total. The molecule has 0 aromatic carbocycles. The van der Waals surface area contributed by atoms with E-state index >= 15 is 0 Å². The van der Waals surface area contributed by atoms with Crippen LogP contribution in [0.4, 0.5) is 0 Å². The highest BCUT2D eigenvalue weighted by molar-refractivity contribution is 7.73. The zero-order chi connectivity index (χ0) is 21.4. The van der Waals surface area contributed by atoms with Gasteiger partial charge < -0.3 is 4.74 Å². The van der Waals surface area contributed by atoms with Crippen LogP contribution in [-0.2, 0) is 29.4 Å². The summed E-state index contributed by atoms with van der Waals surface area (Å²) in [6.45, 7) is 6.05. The molecule has 0 amide bonds. The number of allylic oxidation sites excluding steroid dienone is 2. The van der Waals surface area contributed by atoms with Gasteiger partial charge in [-0.1, -0.05) is 6.08 Å². The highest BCUT2D eigenvalue weighted by Gasteiger charge is 2.49. The molecule has 152 valence electrons. The van der Waals surface area contributed by atoms with Crippen molar-refractivity contribution < 1.29 is 32.5 Å². The Kier molecular flexibility index (Phi) is 6.03. The quantitative estimate of drug-likeness (QED) is 0.208. The highest BCUT2D eigenvalue weighted by atomic mass is 32.2. The van der Waals surface area contributed by atoms with E-state index in [1.807, 2.05) is 0 Å². The van der Waals surface area contributed by atoms with Gasteiger partial charge in [0.05, 0.1) is 5.57 Å². The Bertz CT molecular complexity index is 937. The molecule has 2 rings (SSSR count). The molecule has 0 heterocycles. The molecule has 0 N–H and O–H groups in total. The minimum absolute atomic E-state index is 0.105. The van der Waals surface area contributed by atoms with Gasteiger partial charge >= 0.3 is 5.97 Å². The van der Waals surface area contributed by atoms with Crippen molar-refractivity contribution in [3.8, 4) is 0 Å². The molecule has 2 unspecified atom stereocenters. The van der Waals surface area contributed by atoms with E-state index in [0.29, 0.717) is 12.8 Å². The van der Waals surface area contributed by atoms with Crippen LogP contribution in [0.3, 0.4) is 0 Å². The van der Waals surface area contributed by atoms with Crippen molar-refractivity contribution in [3.05, 3.63) is 33.4 Å². The second kappa shape index (κ2) is 7.78. The van der Waals surface area contributed by atoms with Crippen LogP contribution in [-0.4, -0.2) is 47.4 Å². The Hall–Kier alpha value is -2.62. The van der Waals surface area contributed by atoms with Crippen molar-refractivity contribution in [3.63, 3.8) is 0 Å². The van der Waals surface area contributed by atoms with Crippen LogP contribution in [0.5, 0.6) is 0 Å². The van der Waals surface area contributed by atoms with Gasteiger partial charge in [0.2, 0.25) is 10.3 Å². The van der Waals surface area contributed by atoms with Crippen LogP contribution in [0.25, 0.3) is 0 Å². The van der Waals surface area contributed by atoms with Gasteiger partial charge in [0.15, 0.2) is 22.3 Å². The zero-order valence-electron chi connectivity index (χ0n) is 15.9. The molecule has 0 spiro atoms. The van der Waals surface area contributed by atoms with E-state index in [9.17, 15) is 32.9 Å². The Labute approximate surface area is 163 Å². The molecule has 0 aromatic heterocycles. The van der Waals surface area contributed by atoms with Crippen molar-refractivity contribution in [1.29, 1.82) is 0 Å². The maximum Gasteiger partial charge on any atom is 0.325 e. The summed E-state index contributed by atoms with van der Waals surface area (Å²) in [6.07, 6.45) is 3.37. The molecule has 2 aliphatic carbocycles. The summed E-state index contributed by atoms with van der Waals surface area (Å²) < 4.78 is 28.2. The first-order valence-electron chi connectivity index (χ1n) is 8.64. The SMILES string of the molecule is CC1=CC=C(C(=O)C(C(=O)OC(C)(C)C)C(=O)C2CC2)C([N+](=O)[O-])C1=S(=O)=O. The lowest BCUT2D eigenvalue weighted by atomic mass is 9.84. The van der Waals surface area contributed by atoms with E-state index in [-0.39, 0.29) is 5.57 Å². The van der Waals surface area contributed by atoms with Crippen molar-refractivity contribution in [2.45, 2.75) is 52.2 Å². The van der Waals surface area contributed by atoms with Crippen molar-refractivity contribution >= 4 is 32.7 Å². The van der Waals surface area contributed by atoms with Crippen molar-refractivity contribution in [1.82, 2.24) is 0 Å². The van der Waals surface area contributed by atoms with Gasteiger partial charge in [0, 0.05) is 10.8 Å². The molecule has 28 heavy (non-hydrogen) atoms. The van der Waals surface area contributed by atoms with E-state index in [2.05, 4.69) is 0 Å². The molecule has 0 radical (unpaired) electrons. The van der Waals surface area contributed by atoms with E-state index < -0.39 is 66.7 Å². The van der Waals surface area contributed by atoms with Gasteiger partial charge in [0.1, 0.15) is 5.60 Å². The number of ether oxygens (including phenoxy) is 1. The summed E-state index contributed by atoms with van der Waals surface area (Å²) >= 11 is 0. The summed E-state index contributed by atoms with van der Waals surface area (Å²) in [5.41, 5.74) is -1.40. The van der Waals surface area contributed by atoms with Gasteiger partial charge in [-0.15, -0.1) is 0 Å². The molecular formula is C18H21NO8S. The largest absolute Gasteiger partial charge is 0.459 e. The third-order valence-electron chi connectivity index (χ3n) is 4.29. The lowest BCUT2D eigenvalue weighted by Gasteiger charge is -2.24. The summed E-state index contributed by atoms with van der Waals surface area (Å²) in [5.74, 6) is -5.17. The molecule has 2 atom stereocenters. The molecule has 10 heteroatoms. The predicted molar refractivity (Wildman–Crippen MR) is 98.6 cm³/mol. The molecule has 0 saturated heterocycles. The first-order chi connectivity index (χ1) is 12.8. The van der Waals surface area contributed by atoms with Crippen molar-refractivity contribution in [2.75, 3.05) is 0 Å². The van der Waals surface area contributed by atoms with Crippen LogP contribution in [0.1, 0.15) is 40.5 Å². The standard InChI is InChI=1S/C18H21NO8S/c1-9-5-8-11(13(19(23)24)16(9)28(25)26)15(21)12(14(20)10-6-7-10)17(22)27-18(2,3)4/h5,8,10,12-13H,6-7H2,1-4H3. The van der Waals surface area contributed by atoms with Gasteiger partial charge in [-0.25, -0.2) is 0 Å². The number of rotatable bonds is 6. The normalized spacial score (nSPS) is 20.6. The lowest BCUT2D eigenvalue weighted by molar-refractivity contribution is -0.491. The van der Waals surface area contributed by atoms with E-state index in [0.717, 1.165) is 6.08 Å². The zero-order valence-corrected chi connectivity index (χ0v) is 16.7. The number of carbonyl (C=O) groups is 3. The Morgan fingerprint density at radius 3 is 2.21 bits per heavy atom. The fourth-order valence-electron chi connectivity index (χ4n) is 2.88. The molecule has 0 aromatic rings. The monoisotopic (exact) mass is 411 g/mol. The van der Waals surface area contributed by atoms with Crippen molar-refractivity contribution in [2.24, 2.45) is 11.8 Å². The summed E-state index contributed by atoms with van der Waals surface area (Å²) in [4.78, 5) is 48.3. The lowest BCUT2D eigenvalue weighted by Crippen LogP contribution is -2.44. The predicted octanol–water partition coefficient (Wildman–Crippen LogP) is 1.08. The maximum atomic E-state index is 13.1. The molecule has 0 bridgehead atoms. The second-order valence-electron chi connectivity index (χ2n) is 7.77. The number of esters is 1. The highest BCUT2D eigenvalue weighted by Crippen LogP contribution is 2.35. The number of hydrogen-bond acceptors (Lipinski definition) is 8. The average Bonchev–Trinajstić information content (AvgIpc) is 3.36. The van der Waals surface area contributed by atoms with Crippen LogP contribution in [0.2, 0.25) is 0 Å². The molecule has 1 fully saturated rings. The summed E-state index contributed by atoms with van der Waals surface area (Å²) in [7, 11) is -2.95. The fraction of sp³-hybridized carbons (Fsp3) is 0.556. The van der Waals surface area contributed by atoms with Crippen LogP contribution in [0.15, 0.2) is 23.3 Å². The molecule has 1 saturated carbocycles.